The van der Waals surface area contributed by atoms with Crippen molar-refractivity contribution in [2.45, 2.75) is 32.4 Å². The van der Waals surface area contributed by atoms with Crippen LogP contribution in [-0.2, 0) is 4.79 Å². The summed E-state index contributed by atoms with van der Waals surface area (Å²) in [6.07, 6.45) is 2.04. The van der Waals surface area contributed by atoms with Gasteiger partial charge in [0.05, 0.1) is 18.3 Å². The molecule has 110 valence electrons. The number of nitrogens with zero attached hydrogens (tertiary/aromatic N) is 4. The first kappa shape index (κ1) is 14.4. The Bertz CT molecular complexity index is 507. The number of carbonyl (C=O) groups is 2. The fourth-order valence-electron chi connectivity index (χ4n) is 2.20. The topological polar surface area (TPSA) is 114 Å². The molecule has 1 atom stereocenters. The highest BCUT2D eigenvalue weighted by molar-refractivity contribution is 5.84. The van der Waals surface area contributed by atoms with Crippen molar-refractivity contribution in [3.05, 3.63) is 11.9 Å². The summed E-state index contributed by atoms with van der Waals surface area (Å²) in [5.41, 5.74) is 5.76. The minimum absolute atomic E-state index is 0.0224. The van der Waals surface area contributed by atoms with Crippen molar-refractivity contribution in [1.82, 2.24) is 19.9 Å². The molecule has 8 nitrogen and oxygen atoms in total. The number of hydrogen-bond donors (Lipinski definition) is 2. The number of carboxylic acid groups (broad SMARTS) is 1. The molecule has 3 N–H and O–H groups in total. The summed E-state index contributed by atoms with van der Waals surface area (Å²) in [6.45, 7) is 5.03. The second-order valence-corrected chi connectivity index (χ2v) is 5.52. The summed E-state index contributed by atoms with van der Waals surface area (Å²) in [4.78, 5) is 24.4. The Morgan fingerprint density at radius 3 is 2.65 bits per heavy atom. The molecule has 1 saturated heterocycles. The molecule has 20 heavy (non-hydrogen) atoms. The normalized spacial score (nSPS) is 17.1. The molecule has 8 heteroatoms. The lowest BCUT2D eigenvalue weighted by molar-refractivity contribution is -0.139. The highest BCUT2D eigenvalue weighted by atomic mass is 16.4. The number of hydrogen-bond acceptors (Lipinski definition) is 5. The van der Waals surface area contributed by atoms with E-state index in [-0.39, 0.29) is 17.6 Å². The van der Waals surface area contributed by atoms with E-state index in [1.807, 2.05) is 13.8 Å². The predicted molar refractivity (Wildman–Crippen MR) is 70.0 cm³/mol. The van der Waals surface area contributed by atoms with Gasteiger partial charge < -0.3 is 15.7 Å². The minimum Gasteiger partial charge on any atom is -0.476 e. The predicted octanol–water partition coefficient (Wildman–Crippen LogP) is -0.267. The second kappa shape index (κ2) is 5.58. The van der Waals surface area contributed by atoms with Crippen molar-refractivity contribution >= 4 is 11.9 Å². The summed E-state index contributed by atoms with van der Waals surface area (Å²) < 4.78 is 1.49. The quantitative estimate of drug-likeness (QED) is 0.768. The first-order chi connectivity index (χ1) is 9.38. The maximum Gasteiger partial charge on any atom is 0.358 e. The van der Waals surface area contributed by atoms with Gasteiger partial charge in [0.15, 0.2) is 5.69 Å². The lowest BCUT2D eigenvalue weighted by atomic mass is 10.0. The van der Waals surface area contributed by atoms with E-state index in [2.05, 4.69) is 10.3 Å². The van der Waals surface area contributed by atoms with Gasteiger partial charge in [0.25, 0.3) is 0 Å². The van der Waals surface area contributed by atoms with Crippen LogP contribution >= 0.6 is 0 Å². The number of rotatable bonds is 5. The fourth-order valence-corrected chi connectivity index (χ4v) is 2.20. The average molecular weight is 281 g/mol. The monoisotopic (exact) mass is 281 g/mol. The molecule has 1 unspecified atom stereocenters. The van der Waals surface area contributed by atoms with Crippen LogP contribution in [0.5, 0.6) is 0 Å². The third kappa shape index (κ3) is 2.96. The zero-order valence-electron chi connectivity index (χ0n) is 11.6. The van der Waals surface area contributed by atoms with Crippen LogP contribution in [0.2, 0.25) is 0 Å². The molecule has 2 rings (SSSR count). The van der Waals surface area contributed by atoms with Crippen LogP contribution in [0, 0.1) is 5.92 Å². The second-order valence-electron chi connectivity index (χ2n) is 5.52. The van der Waals surface area contributed by atoms with Gasteiger partial charge in [-0.05, 0) is 12.3 Å². The average Bonchev–Trinajstić information content (AvgIpc) is 2.75. The number of likely N-dealkylation sites (tertiary alicyclic amines) is 1. The van der Waals surface area contributed by atoms with Crippen molar-refractivity contribution in [3.8, 4) is 0 Å². The number of carbonyl (C=O) groups excluding carboxylic acids is 1. The lowest BCUT2D eigenvalue weighted by Gasteiger charge is -2.40. The standard InChI is InChI=1S/C12H19N5O3/c1-7(2)3-9(13)11(18)16-4-8(5-16)17-6-10(12(19)20)14-15-17/h6-9H,3-5,13H2,1-2H3,(H,19,20). The van der Waals surface area contributed by atoms with Gasteiger partial charge in [0.2, 0.25) is 5.91 Å². The van der Waals surface area contributed by atoms with E-state index >= 15 is 0 Å². The smallest absolute Gasteiger partial charge is 0.358 e. The Morgan fingerprint density at radius 2 is 2.15 bits per heavy atom. The van der Waals surface area contributed by atoms with Gasteiger partial charge in [-0.15, -0.1) is 5.10 Å². The van der Waals surface area contributed by atoms with Crippen LogP contribution in [-0.4, -0.2) is 56.0 Å². The number of aromatic nitrogens is 3. The summed E-state index contributed by atoms with van der Waals surface area (Å²) >= 11 is 0. The summed E-state index contributed by atoms with van der Waals surface area (Å²) in [6, 6.07) is -0.493. The van der Waals surface area contributed by atoms with Crippen LogP contribution in [0.15, 0.2) is 6.20 Å². The Morgan fingerprint density at radius 1 is 1.50 bits per heavy atom. The van der Waals surface area contributed by atoms with E-state index in [1.54, 1.807) is 4.90 Å². The van der Waals surface area contributed by atoms with Crippen molar-refractivity contribution in [1.29, 1.82) is 0 Å². The third-order valence-electron chi connectivity index (χ3n) is 3.32. The van der Waals surface area contributed by atoms with Crippen LogP contribution in [0.25, 0.3) is 0 Å². The molecule has 1 aliphatic heterocycles. The molecule has 0 bridgehead atoms. The summed E-state index contributed by atoms with van der Waals surface area (Å²) in [5.74, 6) is -0.796. The van der Waals surface area contributed by atoms with Gasteiger partial charge in [0, 0.05) is 13.1 Å². The van der Waals surface area contributed by atoms with Crippen LogP contribution in [0.4, 0.5) is 0 Å². The van der Waals surface area contributed by atoms with E-state index in [0.717, 1.165) is 0 Å². The Labute approximate surface area is 116 Å². The first-order valence-corrected chi connectivity index (χ1v) is 6.58. The molecule has 1 aromatic rings. The molecule has 1 fully saturated rings. The highest BCUT2D eigenvalue weighted by Gasteiger charge is 2.35. The van der Waals surface area contributed by atoms with Gasteiger partial charge >= 0.3 is 5.97 Å². The molecule has 0 radical (unpaired) electrons. The summed E-state index contributed by atoms with van der Waals surface area (Å²) in [5, 5.41) is 16.1. The first-order valence-electron chi connectivity index (χ1n) is 6.58. The Hall–Kier alpha value is -1.96. The Balaban J connectivity index is 1.87. The van der Waals surface area contributed by atoms with Gasteiger partial charge in [-0.3, -0.25) is 4.79 Å². The maximum atomic E-state index is 12.0. The van der Waals surface area contributed by atoms with E-state index in [0.29, 0.717) is 25.4 Å². The van der Waals surface area contributed by atoms with E-state index in [1.165, 1.54) is 10.9 Å². The largest absolute Gasteiger partial charge is 0.476 e. The van der Waals surface area contributed by atoms with Crippen LogP contribution < -0.4 is 5.73 Å². The molecule has 1 aliphatic rings. The van der Waals surface area contributed by atoms with Crippen LogP contribution in [0.1, 0.15) is 36.8 Å². The molecular weight excluding hydrogens is 262 g/mol. The molecule has 0 saturated carbocycles. The summed E-state index contributed by atoms with van der Waals surface area (Å²) in [7, 11) is 0. The molecule has 1 aromatic heterocycles. The number of aromatic carboxylic acids is 1. The number of amides is 1. The molecule has 2 heterocycles. The van der Waals surface area contributed by atoms with Crippen molar-refractivity contribution in [2.75, 3.05) is 13.1 Å². The molecule has 0 aromatic carbocycles. The molecule has 0 aliphatic carbocycles. The lowest BCUT2D eigenvalue weighted by Crippen LogP contribution is -2.56. The molecule has 0 spiro atoms. The highest BCUT2D eigenvalue weighted by Crippen LogP contribution is 2.21. The zero-order chi connectivity index (χ0) is 14.9. The maximum absolute atomic E-state index is 12.0. The van der Waals surface area contributed by atoms with E-state index < -0.39 is 12.0 Å². The number of carboxylic acids is 1. The minimum atomic E-state index is -1.11. The van der Waals surface area contributed by atoms with Crippen molar-refractivity contribution in [2.24, 2.45) is 11.7 Å². The van der Waals surface area contributed by atoms with Gasteiger partial charge in [-0.25, -0.2) is 9.48 Å². The third-order valence-corrected chi connectivity index (χ3v) is 3.32. The Kier molecular flexibility index (Phi) is 4.03. The fraction of sp³-hybridized carbons (Fsp3) is 0.667. The van der Waals surface area contributed by atoms with Crippen molar-refractivity contribution < 1.29 is 14.7 Å². The number of nitrogens with two attached hydrogens (primary N) is 1. The van der Waals surface area contributed by atoms with Gasteiger partial charge in [0.1, 0.15) is 0 Å². The van der Waals surface area contributed by atoms with E-state index in [9.17, 15) is 9.59 Å². The van der Waals surface area contributed by atoms with Gasteiger partial charge in [-0.1, -0.05) is 19.1 Å². The van der Waals surface area contributed by atoms with Gasteiger partial charge in [-0.2, -0.15) is 0 Å². The SMILES string of the molecule is CC(C)CC(N)C(=O)N1CC(n2cc(C(=O)O)nn2)C1. The molecule has 1 amide bonds. The van der Waals surface area contributed by atoms with Crippen molar-refractivity contribution in [3.63, 3.8) is 0 Å². The zero-order valence-corrected chi connectivity index (χ0v) is 11.6. The van der Waals surface area contributed by atoms with Crippen LogP contribution in [0.3, 0.4) is 0 Å². The van der Waals surface area contributed by atoms with E-state index in [4.69, 9.17) is 10.8 Å². The molecular formula is C12H19N5O3.